The molecule has 0 amide bonds. The van der Waals surface area contributed by atoms with Crippen molar-refractivity contribution < 1.29 is 0 Å². The predicted octanol–water partition coefficient (Wildman–Crippen LogP) is 3.77. The molecule has 0 spiro atoms. The van der Waals surface area contributed by atoms with E-state index in [-0.39, 0.29) is 5.56 Å². The van der Waals surface area contributed by atoms with E-state index in [9.17, 15) is 4.79 Å². The number of para-hydroxylation sites is 1. The number of nitrogens with zero attached hydrogens (tertiary/aromatic N) is 1. The van der Waals surface area contributed by atoms with Crippen LogP contribution < -0.4 is 10.9 Å². The number of aromatic nitrogens is 1. The van der Waals surface area contributed by atoms with Crippen molar-refractivity contribution in [1.82, 2.24) is 4.57 Å². The Kier molecular flexibility index (Phi) is 3.93. The number of anilines is 1. The Balaban J connectivity index is 1.79. The highest BCUT2D eigenvalue weighted by atomic mass is 35.5. The molecule has 1 heterocycles. The minimum atomic E-state index is 0.0154. The highest BCUT2D eigenvalue weighted by Gasteiger charge is 2.02. The molecule has 0 radical (unpaired) electrons. The van der Waals surface area contributed by atoms with Gasteiger partial charge in [-0.15, -0.1) is 0 Å². The van der Waals surface area contributed by atoms with E-state index in [1.165, 1.54) is 0 Å². The van der Waals surface area contributed by atoms with Gasteiger partial charge in [0.1, 0.15) is 0 Å². The number of rotatable bonds is 4. The maximum absolute atomic E-state index is 12.0. The van der Waals surface area contributed by atoms with Crippen molar-refractivity contribution in [3.8, 4) is 0 Å². The number of nitrogens with one attached hydrogen (secondary N) is 1. The van der Waals surface area contributed by atoms with Crippen molar-refractivity contribution in [2.24, 2.45) is 0 Å². The molecule has 0 saturated heterocycles. The number of benzene rings is 2. The Morgan fingerprint density at radius 1 is 1.00 bits per heavy atom. The van der Waals surface area contributed by atoms with Gasteiger partial charge in [0.05, 0.1) is 5.52 Å². The number of halogens is 1. The number of fused-ring (bicyclic) bond motifs is 1. The van der Waals surface area contributed by atoms with Crippen molar-refractivity contribution in [2.75, 3.05) is 11.9 Å². The second kappa shape index (κ2) is 6.02. The molecule has 3 nitrogen and oxygen atoms in total. The van der Waals surface area contributed by atoms with Crippen LogP contribution in [0.1, 0.15) is 0 Å². The van der Waals surface area contributed by atoms with Crippen LogP contribution in [0, 0.1) is 0 Å². The van der Waals surface area contributed by atoms with Crippen LogP contribution in [0.15, 0.2) is 65.5 Å². The molecule has 1 N–H and O–H groups in total. The lowest BCUT2D eigenvalue weighted by Gasteiger charge is -2.11. The van der Waals surface area contributed by atoms with E-state index in [0.717, 1.165) is 16.6 Å². The van der Waals surface area contributed by atoms with Crippen molar-refractivity contribution in [2.45, 2.75) is 6.54 Å². The fourth-order valence-electron chi connectivity index (χ4n) is 2.39. The van der Waals surface area contributed by atoms with Crippen LogP contribution in [0.25, 0.3) is 10.9 Å². The lowest BCUT2D eigenvalue weighted by atomic mass is 10.2. The van der Waals surface area contributed by atoms with Gasteiger partial charge in [0.25, 0.3) is 5.56 Å². The zero-order chi connectivity index (χ0) is 14.7. The zero-order valence-electron chi connectivity index (χ0n) is 11.4. The van der Waals surface area contributed by atoms with Gasteiger partial charge in [-0.2, -0.15) is 0 Å². The summed E-state index contributed by atoms with van der Waals surface area (Å²) >= 11 is 5.95. The third-order valence-corrected chi connectivity index (χ3v) is 3.62. The van der Waals surface area contributed by atoms with E-state index in [2.05, 4.69) is 5.32 Å². The fraction of sp³-hybridized carbons (Fsp3) is 0.118. The predicted molar refractivity (Wildman–Crippen MR) is 88.1 cm³/mol. The van der Waals surface area contributed by atoms with Crippen LogP contribution >= 0.6 is 11.6 Å². The molecule has 0 fully saturated rings. The van der Waals surface area contributed by atoms with Crippen LogP contribution in [0.5, 0.6) is 0 Å². The topological polar surface area (TPSA) is 34.0 Å². The quantitative estimate of drug-likeness (QED) is 0.795. The Labute approximate surface area is 127 Å². The van der Waals surface area contributed by atoms with Crippen LogP contribution in [0.2, 0.25) is 5.02 Å². The molecular weight excluding hydrogens is 284 g/mol. The highest BCUT2D eigenvalue weighted by Crippen LogP contribution is 2.15. The molecule has 1 aromatic heterocycles. The summed E-state index contributed by atoms with van der Waals surface area (Å²) in [6, 6.07) is 18.9. The molecule has 106 valence electrons. The molecule has 4 heteroatoms. The lowest BCUT2D eigenvalue weighted by Crippen LogP contribution is -2.23. The first-order chi connectivity index (χ1) is 10.2. The summed E-state index contributed by atoms with van der Waals surface area (Å²) in [6.45, 7) is 1.26. The van der Waals surface area contributed by atoms with E-state index in [0.29, 0.717) is 18.1 Å². The van der Waals surface area contributed by atoms with Gasteiger partial charge in [0.2, 0.25) is 0 Å². The summed E-state index contributed by atoms with van der Waals surface area (Å²) in [4.78, 5) is 12.0. The average molecular weight is 299 g/mol. The summed E-state index contributed by atoms with van der Waals surface area (Å²) < 4.78 is 1.78. The van der Waals surface area contributed by atoms with Gasteiger partial charge in [-0.05, 0) is 35.7 Å². The van der Waals surface area contributed by atoms with E-state index in [4.69, 9.17) is 11.6 Å². The number of hydrogen-bond donors (Lipinski definition) is 1. The average Bonchev–Trinajstić information content (AvgIpc) is 2.50. The third-order valence-electron chi connectivity index (χ3n) is 3.39. The van der Waals surface area contributed by atoms with Crippen LogP contribution in [-0.4, -0.2) is 11.1 Å². The van der Waals surface area contributed by atoms with Gasteiger partial charge in [-0.3, -0.25) is 4.79 Å². The van der Waals surface area contributed by atoms with Gasteiger partial charge >= 0.3 is 0 Å². The van der Waals surface area contributed by atoms with Crippen LogP contribution in [-0.2, 0) is 6.54 Å². The molecule has 0 aliphatic rings. The van der Waals surface area contributed by atoms with Gasteiger partial charge in [0.15, 0.2) is 0 Å². The Morgan fingerprint density at radius 2 is 1.86 bits per heavy atom. The smallest absolute Gasteiger partial charge is 0.251 e. The van der Waals surface area contributed by atoms with Crippen LogP contribution in [0.3, 0.4) is 0 Å². The maximum atomic E-state index is 12.0. The molecular formula is C17H15ClN2O. The maximum Gasteiger partial charge on any atom is 0.251 e. The summed E-state index contributed by atoms with van der Waals surface area (Å²) in [5.41, 5.74) is 1.93. The minimum Gasteiger partial charge on any atom is -0.383 e. The highest BCUT2D eigenvalue weighted by molar-refractivity contribution is 6.30. The fourth-order valence-corrected chi connectivity index (χ4v) is 2.58. The second-order valence-corrected chi connectivity index (χ2v) is 5.26. The van der Waals surface area contributed by atoms with Gasteiger partial charge in [-0.1, -0.05) is 35.9 Å². The molecule has 0 bridgehead atoms. The van der Waals surface area contributed by atoms with Crippen molar-refractivity contribution in [1.29, 1.82) is 0 Å². The SMILES string of the molecule is O=c1ccc2ccccc2n1CCNc1cccc(Cl)c1. The zero-order valence-corrected chi connectivity index (χ0v) is 12.2. The molecule has 2 aromatic carbocycles. The number of pyridine rings is 1. The van der Waals surface area contributed by atoms with E-state index in [1.807, 2.05) is 54.6 Å². The van der Waals surface area contributed by atoms with Crippen molar-refractivity contribution in [3.63, 3.8) is 0 Å². The first-order valence-electron chi connectivity index (χ1n) is 6.82. The summed E-state index contributed by atoms with van der Waals surface area (Å²) in [7, 11) is 0. The van der Waals surface area contributed by atoms with Gasteiger partial charge in [0, 0.05) is 29.9 Å². The molecule has 0 saturated carbocycles. The molecule has 3 rings (SSSR count). The minimum absolute atomic E-state index is 0.0154. The summed E-state index contributed by atoms with van der Waals surface area (Å²) in [5, 5.41) is 5.05. The molecule has 0 aliphatic carbocycles. The largest absolute Gasteiger partial charge is 0.383 e. The van der Waals surface area contributed by atoms with E-state index in [1.54, 1.807) is 10.6 Å². The Hall–Kier alpha value is -2.26. The molecule has 0 atom stereocenters. The first kappa shape index (κ1) is 13.7. The summed E-state index contributed by atoms with van der Waals surface area (Å²) in [6.07, 6.45) is 0. The van der Waals surface area contributed by atoms with E-state index >= 15 is 0 Å². The van der Waals surface area contributed by atoms with Gasteiger partial charge < -0.3 is 9.88 Å². The molecule has 0 aliphatic heterocycles. The lowest BCUT2D eigenvalue weighted by molar-refractivity contribution is 0.726. The van der Waals surface area contributed by atoms with Crippen molar-refractivity contribution >= 4 is 28.2 Å². The standard InChI is InChI=1S/C17H15ClN2O/c18-14-5-3-6-15(12-14)19-10-11-20-16-7-2-1-4-13(16)8-9-17(20)21/h1-9,12,19H,10-11H2. The summed E-state index contributed by atoms with van der Waals surface area (Å²) in [5.74, 6) is 0. The van der Waals surface area contributed by atoms with Gasteiger partial charge in [-0.25, -0.2) is 0 Å². The Bertz CT molecular complexity index is 826. The Morgan fingerprint density at radius 3 is 2.71 bits per heavy atom. The molecule has 3 aromatic rings. The second-order valence-electron chi connectivity index (χ2n) is 4.82. The monoisotopic (exact) mass is 298 g/mol. The number of hydrogen-bond acceptors (Lipinski definition) is 2. The molecule has 0 unspecified atom stereocenters. The van der Waals surface area contributed by atoms with E-state index < -0.39 is 0 Å². The van der Waals surface area contributed by atoms with Crippen molar-refractivity contribution in [3.05, 3.63) is 76.0 Å². The normalized spacial score (nSPS) is 10.7. The third kappa shape index (κ3) is 3.09. The first-order valence-corrected chi connectivity index (χ1v) is 7.20. The van der Waals surface area contributed by atoms with Crippen LogP contribution in [0.4, 0.5) is 5.69 Å². The molecule has 21 heavy (non-hydrogen) atoms.